The predicted molar refractivity (Wildman–Crippen MR) is 80.0 cm³/mol. The summed E-state index contributed by atoms with van der Waals surface area (Å²) >= 11 is 0. The van der Waals surface area contributed by atoms with Gasteiger partial charge in [0.05, 0.1) is 0 Å². The molecule has 0 spiro atoms. The molecule has 112 valence electrons. The molecule has 1 atom stereocenters. The molecule has 0 heterocycles. The van der Waals surface area contributed by atoms with Crippen LogP contribution in [0, 0.1) is 0 Å². The number of nitrogens with one attached hydrogen (secondary N) is 1. The number of carbonyl (C=O) groups excluding carboxylic acids is 1. The summed E-state index contributed by atoms with van der Waals surface area (Å²) in [5.41, 5.74) is 4.98. The van der Waals surface area contributed by atoms with Crippen LogP contribution in [-0.2, 0) is 4.79 Å². The number of primary amides is 1. The minimum atomic E-state index is -0.614. The lowest BCUT2D eigenvalue weighted by molar-refractivity contribution is -0.124. The van der Waals surface area contributed by atoms with E-state index in [9.17, 15) is 4.79 Å². The fourth-order valence-corrected chi connectivity index (χ4v) is 2.95. The Morgan fingerprint density at radius 1 is 1.32 bits per heavy atom. The topological polar surface area (TPSA) is 58.4 Å². The van der Waals surface area contributed by atoms with Gasteiger partial charge in [-0.2, -0.15) is 0 Å². The van der Waals surface area contributed by atoms with E-state index in [1.807, 2.05) is 6.92 Å². The average Bonchev–Trinajstić information content (AvgIpc) is 2.65. The number of hydrogen-bond acceptors (Lipinski definition) is 3. The quantitative estimate of drug-likeness (QED) is 0.694. The second-order valence-corrected chi connectivity index (χ2v) is 6.18. The molecule has 4 heteroatoms. The van der Waals surface area contributed by atoms with Gasteiger partial charge in [-0.1, -0.05) is 32.6 Å². The van der Waals surface area contributed by atoms with Gasteiger partial charge in [0.2, 0.25) is 5.91 Å². The largest absolute Gasteiger partial charge is 0.368 e. The molecule has 1 aliphatic carbocycles. The summed E-state index contributed by atoms with van der Waals surface area (Å²) in [5, 5.41) is 3.31. The van der Waals surface area contributed by atoms with Crippen LogP contribution in [0.1, 0.15) is 58.8 Å². The molecule has 0 bridgehead atoms. The Balaban J connectivity index is 2.58. The van der Waals surface area contributed by atoms with Gasteiger partial charge < -0.3 is 16.0 Å². The van der Waals surface area contributed by atoms with Gasteiger partial charge in [-0.15, -0.1) is 0 Å². The van der Waals surface area contributed by atoms with Crippen LogP contribution in [0.5, 0.6) is 0 Å². The van der Waals surface area contributed by atoms with Crippen LogP contribution < -0.4 is 11.1 Å². The van der Waals surface area contributed by atoms with Crippen molar-refractivity contribution in [3.63, 3.8) is 0 Å². The van der Waals surface area contributed by atoms with Crippen molar-refractivity contribution < 1.29 is 4.79 Å². The van der Waals surface area contributed by atoms with E-state index >= 15 is 0 Å². The highest BCUT2D eigenvalue weighted by Gasteiger charge is 2.33. The van der Waals surface area contributed by atoms with Gasteiger partial charge >= 0.3 is 0 Å². The molecule has 4 nitrogen and oxygen atoms in total. The van der Waals surface area contributed by atoms with Crippen molar-refractivity contribution in [1.82, 2.24) is 10.2 Å². The highest BCUT2D eigenvalue weighted by atomic mass is 16.1. The van der Waals surface area contributed by atoms with E-state index in [0.717, 1.165) is 13.0 Å². The first-order valence-electron chi connectivity index (χ1n) is 7.75. The lowest BCUT2D eigenvalue weighted by Gasteiger charge is -2.36. The summed E-state index contributed by atoms with van der Waals surface area (Å²) in [6.45, 7) is 5.56. The van der Waals surface area contributed by atoms with E-state index in [2.05, 4.69) is 24.2 Å². The van der Waals surface area contributed by atoms with Gasteiger partial charge in [0.15, 0.2) is 0 Å². The molecule has 3 N–H and O–H groups in total. The van der Waals surface area contributed by atoms with Crippen LogP contribution in [0.2, 0.25) is 0 Å². The van der Waals surface area contributed by atoms with E-state index in [1.165, 1.54) is 38.5 Å². The van der Waals surface area contributed by atoms with Gasteiger partial charge in [0.25, 0.3) is 0 Å². The first-order chi connectivity index (χ1) is 8.99. The monoisotopic (exact) mass is 269 g/mol. The van der Waals surface area contributed by atoms with E-state index in [1.54, 1.807) is 0 Å². The Kier molecular flexibility index (Phi) is 6.80. The second kappa shape index (κ2) is 7.85. The molecular formula is C15H31N3O. The molecule has 1 saturated carbocycles. The molecular weight excluding hydrogens is 238 g/mol. The van der Waals surface area contributed by atoms with Crippen molar-refractivity contribution in [2.75, 3.05) is 20.1 Å². The first-order valence-corrected chi connectivity index (χ1v) is 7.75. The minimum absolute atomic E-state index is 0.249. The highest BCUT2D eigenvalue weighted by molar-refractivity contribution is 5.84. The fourth-order valence-electron chi connectivity index (χ4n) is 2.95. The molecule has 0 aliphatic heterocycles. The van der Waals surface area contributed by atoms with Crippen LogP contribution in [-0.4, -0.2) is 42.5 Å². The minimum Gasteiger partial charge on any atom is -0.368 e. The van der Waals surface area contributed by atoms with E-state index < -0.39 is 5.54 Å². The molecule has 1 fully saturated rings. The molecule has 0 aromatic carbocycles. The zero-order chi connectivity index (χ0) is 14.3. The third kappa shape index (κ3) is 5.11. The van der Waals surface area contributed by atoms with Crippen LogP contribution in [0.4, 0.5) is 0 Å². The Morgan fingerprint density at radius 2 is 1.89 bits per heavy atom. The SMILES string of the molecule is CCCNC(C)(CN(C)C1CCCCCC1)C(N)=O. The number of rotatable bonds is 7. The third-order valence-corrected chi connectivity index (χ3v) is 4.32. The second-order valence-electron chi connectivity index (χ2n) is 6.18. The van der Waals surface area contributed by atoms with Gasteiger partial charge in [-0.05, 0) is 39.8 Å². The molecule has 0 aromatic heterocycles. The number of carbonyl (C=O) groups is 1. The maximum Gasteiger partial charge on any atom is 0.238 e. The molecule has 1 rings (SSSR count). The normalized spacial score (nSPS) is 21.1. The maximum absolute atomic E-state index is 11.7. The zero-order valence-corrected chi connectivity index (χ0v) is 12.9. The van der Waals surface area contributed by atoms with Crippen molar-refractivity contribution in [1.29, 1.82) is 0 Å². The van der Waals surface area contributed by atoms with Gasteiger partial charge in [-0.25, -0.2) is 0 Å². The Labute approximate surface area is 118 Å². The predicted octanol–water partition coefficient (Wildman–Crippen LogP) is 1.88. The zero-order valence-electron chi connectivity index (χ0n) is 12.9. The summed E-state index contributed by atoms with van der Waals surface area (Å²) in [7, 11) is 2.13. The van der Waals surface area contributed by atoms with E-state index in [0.29, 0.717) is 12.6 Å². The number of likely N-dealkylation sites (N-methyl/N-ethyl adjacent to an activating group) is 1. The Hall–Kier alpha value is -0.610. The van der Waals surface area contributed by atoms with Gasteiger partial charge in [-0.3, -0.25) is 4.79 Å². The van der Waals surface area contributed by atoms with Crippen molar-refractivity contribution >= 4 is 5.91 Å². The summed E-state index contributed by atoms with van der Waals surface area (Å²) in [6.07, 6.45) is 8.83. The van der Waals surface area contributed by atoms with E-state index in [-0.39, 0.29) is 5.91 Å². The standard InChI is InChI=1S/C15H31N3O/c1-4-11-17-15(2,14(16)19)12-18(3)13-9-7-5-6-8-10-13/h13,17H,4-12H2,1-3H3,(H2,16,19). The smallest absolute Gasteiger partial charge is 0.238 e. The lowest BCUT2D eigenvalue weighted by Crippen LogP contribution is -2.60. The number of nitrogens with zero attached hydrogens (tertiary/aromatic N) is 1. The van der Waals surface area contributed by atoms with Crippen LogP contribution in [0.15, 0.2) is 0 Å². The summed E-state index contributed by atoms with van der Waals surface area (Å²) < 4.78 is 0. The van der Waals surface area contributed by atoms with Gasteiger partial charge in [0, 0.05) is 12.6 Å². The number of nitrogens with two attached hydrogens (primary N) is 1. The van der Waals surface area contributed by atoms with Crippen LogP contribution >= 0.6 is 0 Å². The van der Waals surface area contributed by atoms with Crippen molar-refractivity contribution in [3.8, 4) is 0 Å². The van der Waals surface area contributed by atoms with Crippen molar-refractivity contribution in [2.45, 2.75) is 70.4 Å². The molecule has 0 radical (unpaired) electrons. The summed E-state index contributed by atoms with van der Waals surface area (Å²) in [5.74, 6) is -0.249. The fraction of sp³-hybridized carbons (Fsp3) is 0.933. The number of amides is 1. The van der Waals surface area contributed by atoms with Crippen molar-refractivity contribution in [3.05, 3.63) is 0 Å². The first kappa shape index (κ1) is 16.4. The van der Waals surface area contributed by atoms with Crippen LogP contribution in [0.3, 0.4) is 0 Å². The molecule has 0 saturated heterocycles. The van der Waals surface area contributed by atoms with E-state index in [4.69, 9.17) is 5.73 Å². The Morgan fingerprint density at radius 3 is 2.37 bits per heavy atom. The highest BCUT2D eigenvalue weighted by Crippen LogP contribution is 2.22. The third-order valence-electron chi connectivity index (χ3n) is 4.32. The van der Waals surface area contributed by atoms with Crippen LogP contribution in [0.25, 0.3) is 0 Å². The van der Waals surface area contributed by atoms with Crippen molar-refractivity contribution in [2.24, 2.45) is 5.73 Å². The summed E-state index contributed by atoms with van der Waals surface area (Å²) in [6, 6.07) is 0.601. The van der Waals surface area contributed by atoms with Gasteiger partial charge in [0.1, 0.15) is 5.54 Å². The molecule has 1 aliphatic rings. The average molecular weight is 269 g/mol. The molecule has 19 heavy (non-hydrogen) atoms. The lowest BCUT2D eigenvalue weighted by atomic mass is 9.98. The molecule has 1 unspecified atom stereocenters. The maximum atomic E-state index is 11.7. The molecule has 0 aromatic rings. The summed E-state index contributed by atoms with van der Waals surface area (Å²) in [4.78, 5) is 14.1. The number of hydrogen-bond donors (Lipinski definition) is 2. The molecule has 1 amide bonds. The Bertz CT molecular complexity index is 275.